The van der Waals surface area contributed by atoms with E-state index in [0.29, 0.717) is 0 Å². The molecule has 4 saturated heterocycles. The zero-order valence-corrected chi connectivity index (χ0v) is 32.0. The number of amidine groups is 2. The van der Waals surface area contributed by atoms with Crippen molar-refractivity contribution in [3.05, 3.63) is 48.6 Å². The monoisotopic (exact) mass is 918 g/mol. The predicted molar refractivity (Wildman–Crippen MR) is 192 cm³/mol. The molecule has 0 aliphatic carbocycles. The van der Waals surface area contributed by atoms with Crippen molar-refractivity contribution < 1.29 is 89.8 Å². The predicted octanol–water partition coefficient (Wildman–Crippen LogP) is -11.8. The summed E-state index contributed by atoms with van der Waals surface area (Å²) in [6.45, 7) is 0. The van der Waals surface area contributed by atoms with Gasteiger partial charge in [0.1, 0.15) is 74.1 Å². The minimum absolute atomic E-state index is 0.0216. The molecule has 36 heteroatoms. The van der Waals surface area contributed by atoms with Crippen LogP contribution in [0.1, 0.15) is 57.8 Å². The lowest BCUT2D eigenvalue weighted by Crippen LogP contribution is -2.31. The standard InChI is InChI=1S/2C7H11N5O4.2C7H10N4O5/c2*8-4(9)5-10-1-12(11-5)6-2(13)3(14)7(15)16-6;2*8-4(14)5-9-1-11(10-5)6-2(12)3(13)7(15)16-6/h2*1-3,6-7,13-15H,(H3,8,9);2*1-3,6-7,12-13,15H,(H2,8,14)/t4*2-,3+,6-,7+/m1010/s1. The van der Waals surface area contributed by atoms with Crippen molar-refractivity contribution in [3.8, 4) is 0 Å². The molecule has 4 aromatic heterocycles. The lowest BCUT2D eigenvalue weighted by atomic mass is 10.2. The van der Waals surface area contributed by atoms with Crippen LogP contribution in [-0.2, 0) is 18.9 Å². The Morgan fingerprint density at radius 2 is 0.609 bits per heavy atom. The lowest BCUT2D eigenvalue weighted by Gasteiger charge is -2.13. The van der Waals surface area contributed by atoms with E-state index in [1.165, 1.54) is 12.7 Å². The second-order valence-corrected chi connectivity index (χ2v) is 13.3. The average Bonchev–Trinajstić information content (AvgIpc) is 4.13. The third kappa shape index (κ3) is 10.6. The number of hydrogen-bond acceptors (Lipinski definition) is 28. The van der Waals surface area contributed by atoms with Crippen LogP contribution in [-0.4, -0.2) is 218 Å². The summed E-state index contributed by atoms with van der Waals surface area (Å²) in [5.41, 5.74) is 20.2. The van der Waals surface area contributed by atoms with Crippen molar-refractivity contribution in [1.29, 1.82) is 10.8 Å². The van der Waals surface area contributed by atoms with Gasteiger partial charge in [-0.1, -0.05) is 0 Å². The normalized spacial score (nSPS) is 34.2. The molecule has 0 bridgehead atoms. The highest BCUT2D eigenvalue weighted by Crippen LogP contribution is 2.30. The van der Waals surface area contributed by atoms with Crippen LogP contribution in [0.5, 0.6) is 0 Å². The van der Waals surface area contributed by atoms with E-state index in [0.717, 1.165) is 31.4 Å². The minimum Gasteiger partial charge on any atom is -0.385 e. The quantitative estimate of drug-likeness (QED) is 0.0576. The average molecular weight is 919 g/mol. The van der Waals surface area contributed by atoms with Crippen LogP contribution in [0.15, 0.2) is 25.3 Å². The zero-order valence-electron chi connectivity index (χ0n) is 32.0. The van der Waals surface area contributed by atoms with Crippen LogP contribution in [0.2, 0.25) is 0 Å². The third-order valence-corrected chi connectivity index (χ3v) is 8.85. The van der Waals surface area contributed by atoms with Crippen LogP contribution >= 0.6 is 0 Å². The molecular weight excluding hydrogens is 876 g/mol. The molecule has 2 amide bonds. The first kappa shape index (κ1) is 48.8. The molecule has 0 spiro atoms. The van der Waals surface area contributed by atoms with Crippen molar-refractivity contribution in [2.45, 2.75) is 98.9 Å². The van der Waals surface area contributed by atoms with Gasteiger partial charge in [0.2, 0.25) is 23.3 Å². The van der Waals surface area contributed by atoms with Gasteiger partial charge in [-0.2, -0.15) is 0 Å². The van der Waals surface area contributed by atoms with Gasteiger partial charge >= 0.3 is 0 Å². The first-order valence-electron chi connectivity index (χ1n) is 17.7. The van der Waals surface area contributed by atoms with E-state index in [1.807, 2.05) is 0 Å². The summed E-state index contributed by atoms with van der Waals surface area (Å²) in [4.78, 5) is 36.0. The van der Waals surface area contributed by atoms with E-state index in [-0.39, 0.29) is 35.0 Å². The fourth-order valence-corrected chi connectivity index (χ4v) is 5.50. The number of hydrogen-bond donors (Lipinski definition) is 18. The number of rotatable bonds is 8. The summed E-state index contributed by atoms with van der Waals surface area (Å²) in [7, 11) is 0. The van der Waals surface area contributed by atoms with Gasteiger partial charge in [-0.15, -0.1) is 20.4 Å². The highest BCUT2D eigenvalue weighted by Gasteiger charge is 2.46. The number of aliphatic hydroxyl groups excluding tert-OH is 12. The highest BCUT2D eigenvalue weighted by molar-refractivity contribution is 5.91. The van der Waals surface area contributed by atoms with Crippen molar-refractivity contribution in [1.82, 2.24) is 59.1 Å². The Labute approximate surface area is 353 Å². The molecule has 352 valence electrons. The topological polar surface area (TPSA) is 588 Å². The van der Waals surface area contributed by atoms with E-state index in [1.54, 1.807) is 0 Å². The maximum atomic E-state index is 10.7. The van der Waals surface area contributed by atoms with Gasteiger partial charge in [0, 0.05) is 0 Å². The Morgan fingerprint density at radius 1 is 0.406 bits per heavy atom. The van der Waals surface area contributed by atoms with Crippen molar-refractivity contribution >= 4 is 23.5 Å². The van der Waals surface area contributed by atoms with Crippen molar-refractivity contribution in [2.75, 3.05) is 0 Å². The van der Waals surface area contributed by atoms with E-state index in [2.05, 4.69) is 40.3 Å². The van der Waals surface area contributed by atoms with Crippen LogP contribution in [0.3, 0.4) is 0 Å². The Hall–Kier alpha value is -6.20. The molecular formula is C28H42N18O18. The van der Waals surface area contributed by atoms with Gasteiger partial charge in [-0.3, -0.25) is 20.4 Å². The number of aliphatic hydroxyl groups is 12. The number of amides is 2. The molecule has 4 aliphatic rings. The van der Waals surface area contributed by atoms with Crippen molar-refractivity contribution in [2.24, 2.45) is 22.9 Å². The number of nitrogen functional groups attached to an aromatic ring is 2. The number of primary amides is 2. The van der Waals surface area contributed by atoms with E-state index in [4.69, 9.17) is 73.1 Å². The Kier molecular flexibility index (Phi) is 15.3. The summed E-state index contributed by atoms with van der Waals surface area (Å²) in [5, 5.41) is 141. The number of nitrogens with zero attached hydrogens (tertiary/aromatic N) is 12. The third-order valence-electron chi connectivity index (χ3n) is 8.85. The summed E-state index contributed by atoms with van der Waals surface area (Å²) < 4.78 is 23.6. The Morgan fingerprint density at radius 3 is 0.750 bits per heavy atom. The zero-order chi connectivity index (χ0) is 47.5. The van der Waals surface area contributed by atoms with E-state index < -0.39 is 111 Å². The fourth-order valence-electron chi connectivity index (χ4n) is 5.50. The van der Waals surface area contributed by atoms with Gasteiger partial charge in [0.05, 0.1) is 0 Å². The van der Waals surface area contributed by atoms with Crippen LogP contribution in [0.4, 0.5) is 0 Å². The highest BCUT2D eigenvalue weighted by atomic mass is 16.7. The number of nitrogens with two attached hydrogens (primary N) is 4. The van der Waals surface area contributed by atoms with Gasteiger partial charge in [0.25, 0.3) is 11.8 Å². The molecule has 8 heterocycles. The fraction of sp³-hybridized carbons (Fsp3) is 0.571. The second-order valence-electron chi connectivity index (χ2n) is 13.3. The first-order chi connectivity index (χ1) is 30.0. The molecule has 4 aliphatic heterocycles. The van der Waals surface area contributed by atoms with Crippen molar-refractivity contribution in [3.63, 3.8) is 0 Å². The number of carbonyl (C=O) groups excluding carboxylic acids is 2. The van der Waals surface area contributed by atoms with Gasteiger partial charge < -0.3 is 103 Å². The van der Waals surface area contributed by atoms with E-state index >= 15 is 0 Å². The lowest BCUT2D eigenvalue weighted by molar-refractivity contribution is -0.144. The molecule has 16 atom stereocenters. The Bertz CT molecular complexity index is 1930. The number of carbonyl (C=O) groups is 2. The van der Waals surface area contributed by atoms with E-state index in [9.17, 15) is 50.4 Å². The molecule has 22 N–H and O–H groups in total. The maximum absolute atomic E-state index is 10.7. The van der Waals surface area contributed by atoms with Crippen LogP contribution in [0.25, 0.3) is 0 Å². The molecule has 64 heavy (non-hydrogen) atoms. The largest absolute Gasteiger partial charge is 0.385 e. The summed E-state index contributed by atoms with van der Waals surface area (Å²) >= 11 is 0. The molecule has 8 rings (SSSR count). The molecule has 0 saturated carbocycles. The molecule has 0 radical (unpaired) electrons. The number of aromatic nitrogens is 12. The minimum atomic E-state index is -1.51. The molecule has 36 nitrogen and oxygen atoms in total. The first-order valence-corrected chi connectivity index (χ1v) is 17.7. The SMILES string of the molecule is N=C(N)c1ncn([C@@H]2O[C@H](O)[C@@H](O)[C@H]2O)n1.N=C(N)c1ncn([C@H]2O[C@@H](O)[C@H](O)[C@@H]2O)n1.NC(=O)c1ncn([C@@H]2O[C@H](O)[C@@H](O)[C@H]2O)n1.NC(=O)c1ncn([C@H]2O[C@@H](O)[C@H](O)[C@@H]2O)n1. The van der Waals surface area contributed by atoms with Gasteiger partial charge in [-0.25, -0.2) is 38.7 Å². The van der Waals surface area contributed by atoms with Crippen LogP contribution in [0, 0.1) is 10.8 Å². The van der Waals surface area contributed by atoms with Crippen LogP contribution < -0.4 is 22.9 Å². The number of ether oxygens (including phenoxy) is 4. The smallest absolute Gasteiger partial charge is 0.288 e. The summed E-state index contributed by atoms with van der Waals surface area (Å²) in [6.07, 6.45) is -16.8. The Balaban J connectivity index is 0.000000161. The summed E-state index contributed by atoms with van der Waals surface area (Å²) in [5.74, 6) is -2.84. The van der Waals surface area contributed by atoms with Gasteiger partial charge in [0.15, 0.2) is 61.7 Å². The summed E-state index contributed by atoms with van der Waals surface area (Å²) in [6, 6.07) is 0. The molecule has 4 fully saturated rings. The van der Waals surface area contributed by atoms with Gasteiger partial charge in [-0.05, 0) is 0 Å². The molecule has 0 unspecified atom stereocenters. The number of nitrogens with one attached hydrogen (secondary N) is 2. The molecule has 4 aromatic rings. The maximum Gasteiger partial charge on any atom is 0.288 e. The second kappa shape index (κ2) is 20.1. The molecule has 0 aromatic carbocycles.